The second-order valence-corrected chi connectivity index (χ2v) is 8.92. The van der Waals surface area contributed by atoms with E-state index in [1.54, 1.807) is 13.0 Å². The maximum atomic E-state index is 13.2. The molecule has 8 heteroatoms. The van der Waals surface area contributed by atoms with Crippen LogP contribution in [0.1, 0.15) is 22.8 Å². The number of carbonyl (C=O) groups excluding carboxylic acids is 3. The molecule has 4 rings (SSSR count). The number of fused-ring (bicyclic) bond motifs is 1. The lowest BCUT2D eigenvalue weighted by Gasteiger charge is -2.24. The monoisotopic (exact) mass is 432 g/mol. The van der Waals surface area contributed by atoms with Gasteiger partial charge in [-0.1, -0.05) is 65.7 Å². The van der Waals surface area contributed by atoms with Crippen LogP contribution in [0.5, 0.6) is 0 Å². The number of nitrogens with one attached hydrogen (secondary N) is 1. The van der Waals surface area contributed by atoms with Gasteiger partial charge < -0.3 is 5.32 Å². The maximum absolute atomic E-state index is 13.2. The average Bonchev–Trinajstić information content (AvgIpc) is 3.12. The normalized spacial score (nSPS) is 19.3. The summed E-state index contributed by atoms with van der Waals surface area (Å²) in [5, 5.41) is 4.56. The van der Waals surface area contributed by atoms with Gasteiger partial charge in [0.25, 0.3) is 5.91 Å². The van der Waals surface area contributed by atoms with Crippen LogP contribution >= 0.6 is 34.5 Å². The molecule has 3 aromatic rings. The quantitative estimate of drug-likeness (QED) is 0.472. The Morgan fingerprint density at radius 2 is 1.86 bits per heavy atom. The van der Waals surface area contributed by atoms with E-state index in [9.17, 15) is 14.4 Å². The van der Waals surface area contributed by atoms with Crippen LogP contribution in [0.25, 0.3) is 10.8 Å². The summed E-state index contributed by atoms with van der Waals surface area (Å²) < 4.78 is 0.602. The van der Waals surface area contributed by atoms with Gasteiger partial charge in [0, 0.05) is 0 Å². The Bertz CT molecular complexity index is 1140. The molecule has 3 amide bonds. The fourth-order valence-corrected chi connectivity index (χ4v) is 4.94. The minimum atomic E-state index is -1.27. The number of ketones is 1. The lowest BCUT2D eigenvalue weighted by atomic mass is 9.88. The second-order valence-electron chi connectivity index (χ2n) is 6.63. The van der Waals surface area contributed by atoms with E-state index in [1.165, 1.54) is 6.07 Å². The van der Waals surface area contributed by atoms with Crippen molar-refractivity contribution in [3.63, 3.8) is 0 Å². The van der Waals surface area contributed by atoms with Gasteiger partial charge in [-0.15, -0.1) is 11.3 Å². The average molecular weight is 433 g/mol. The summed E-state index contributed by atoms with van der Waals surface area (Å²) in [4.78, 5) is 39.2. The van der Waals surface area contributed by atoms with Crippen molar-refractivity contribution in [3.8, 4) is 0 Å². The molecule has 0 unspecified atom stereocenters. The summed E-state index contributed by atoms with van der Waals surface area (Å²) in [6, 6.07) is 14.0. The Morgan fingerprint density at radius 3 is 2.57 bits per heavy atom. The number of Topliss-reactive ketones (excluding diaryl/α,β-unsaturated/α-hetero) is 1. The van der Waals surface area contributed by atoms with Crippen LogP contribution in [0.2, 0.25) is 8.67 Å². The molecule has 1 aromatic heterocycles. The molecule has 0 spiro atoms. The number of benzene rings is 2. The molecule has 2 heterocycles. The van der Waals surface area contributed by atoms with Crippen LogP contribution in [0, 0.1) is 0 Å². The Morgan fingerprint density at radius 1 is 1.14 bits per heavy atom. The molecular weight excluding hydrogens is 419 g/mol. The predicted molar refractivity (Wildman–Crippen MR) is 110 cm³/mol. The summed E-state index contributed by atoms with van der Waals surface area (Å²) in [5.41, 5.74) is -0.388. The third kappa shape index (κ3) is 2.98. The minimum absolute atomic E-state index is 0.205. The second kappa shape index (κ2) is 6.88. The zero-order valence-electron chi connectivity index (χ0n) is 14.7. The highest BCUT2D eigenvalue weighted by atomic mass is 35.5. The number of amides is 3. The number of hydrogen-bond donors (Lipinski definition) is 1. The number of urea groups is 1. The number of hydrogen-bond acceptors (Lipinski definition) is 4. The molecule has 0 radical (unpaired) electrons. The van der Waals surface area contributed by atoms with E-state index in [-0.39, 0.29) is 9.90 Å². The van der Waals surface area contributed by atoms with Gasteiger partial charge >= 0.3 is 6.03 Å². The Hall–Kier alpha value is -2.41. The van der Waals surface area contributed by atoms with E-state index in [4.69, 9.17) is 23.2 Å². The molecule has 1 N–H and O–H groups in total. The first-order chi connectivity index (χ1) is 13.3. The zero-order valence-corrected chi connectivity index (χ0v) is 17.0. The molecule has 28 heavy (non-hydrogen) atoms. The fourth-order valence-electron chi connectivity index (χ4n) is 3.44. The smallest absolute Gasteiger partial charge is 0.319 e. The van der Waals surface area contributed by atoms with Crippen molar-refractivity contribution in [3.05, 3.63) is 68.3 Å². The van der Waals surface area contributed by atoms with Gasteiger partial charge in [0.2, 0.25) is 0 Å². The maximum Gasteiger partial charge on any atom is 0.325 e. The van der Waals surface area contributed by atoms with Crippen molar-refractivity contribution in [2.24, 2.45) is 0 Å². The highest BCUT2D eigenvalue weighted by molar-refractivity contribution is 7.20. The van der Waals surface area contributed by atoms with Crippen molar-refractivity contribution < 1.29 is 14.4 Å². The van der Waals surface area contributed by atoms with Crippen molar-refractivity contribution in [1.82, 2.24) is 10.2 Å². The molecule has 142 valence electrons. The highest BCUT2D eigenvalue weighted by Crippen LogP contribution is 2.35. The Kier molecular flexibility index (Phi) is 4.65. The van der Waals surface area contributed by atoms with E-state index < -0.39 is 29.8 Å². The molecule has 1 aliphatic rings. The Balaban J connectivity index is 1.68. The van der Waals surface area contributed by atoms with Crippen LogP contribution < -0.4 is 5.32 Å². The first-order valence-corrected chi connectivity index (χ1v) is 9.99. The molecule has 1 atom stereocenters. The molecule has 1 saturated heterocycles. The minimum Gasteiger partial charge on any atom is -0.319 e. The lowest BCUT2D eigenvalue weighted by molar-refractivity contribution is -0.130. The third-order valence-corrected chi connectivity index (χ3v) is 6.35. The van der Waals surface area contributed by atoms with Crippen molar-refractivity contribution in [1.29, 1.82) is 0 Å². The third-order valence-electron chi connectivity index (χ3n) is 4.86. The number of thiophene rings is 1. The molecule has 2 aromatic carbocycles. The Labute approximate surface area is 174 Å². The topological polar surface area (TPSA) is 66.5 Å². The molecule has 0 saturated carbocycles. The van der Waals surface area contributed by atoms with Crippen LogP contribution in [0.4, 0.5) is 4.79 Å². The largest absolute Gasteiger partial charge is 0.325 e. The van der Waals surface area contributed by atoms with Crippen molar-refractivity contribution in [2.45, 2.75) is 12.5 Å². The van der Waals surface area contributed by atoms with Gasteiger partial charge in [-0.2, -0.15) is 0 Å². The van der Waals surface area contributed by atoms with Gasteiger partial charge in [0.05, 0.1) is 16.4 Å². The first kappa shape index (κ1) is 18.9. The van der Waals surface area contributed by atoms with E-state index in [0.717, 1.165) is 27.0 Å². The van der Waals surface area contributed by atoms with E-state index in [1.807, 2.05) is 36.4 Å². The van der Waals surface area contributed by atoms with Gasteiger partial charge in [0.15, 0.2) is 5.78 Å². The number of imide groups is 1. The fraction of sp³-hybridized carbons (Fsp3) is 0.150. The van der Waals surface area contributed by atoms with Crippen LogP contribution in [0.15, 0.2) is 48.5 Å². The number of nitrogens with zero attached hydrogens (tertiary/aromatic N) is 1. The van der Waals surface area contributed by atoms with E-state index >= 15 is 0 Å². The summed E-state index contributed by atoms with van der Waals surface area (Å²) >= 11 is 13.0. The number of halogens is 2. The summed E-state index contributed by atoms with van der Waals surface area (Å²) in [6.07, 6.45) is 0. The number of carbonyl (C=O) groups is 3. The summed E-state index contributed by atoms with van der Waals surface area (Å²) in [5.74, 6) is -0.932. The molecule has 0 bridgehead atoms. The first-order valence-electron chi connectivity index (χ1n) is 8.41. The van der Waals surface area contributed by atoms with Crippen molar-refractivity contribution in [2.75, 3.05) is 6.54 Å². The highest BCUT2D eigenvalue weighted by Gasteiger charge is 2.50. The SMILES string of the molecule is C[C@]1(c2cccc3ccccc23)NC(=O)N(CC(=O)c2cc(Cl)sc2Cl)C1=O. The van der Waals surface area contributed by atoms with E-state index in [0.29, 0.717) is 9.90 Å². The number of rotatable bonds is 4. The summed E-state index contributed by atoms with van der Waals surface area (Å²) in [7, 11) is 0. The van der Waals surface area contributed by atoms with Crippen molar-refractivity contribution >= 4 is 63.0 Å². The van der Waals surface area contributed by atoms with Crippen LogP contribution in [-0.4, -0.2) is 29.2 Å². The standard InChI is InChI=1S/C20H14Cl2N2O3S/c1-20(14-8-4-6-11-5-2-3-7-12(11)14)18(26)24(19(27)23-20)10-15(25)13-9-16(21)28-17(13)22/h2-9H,10H2,1H3,(H,23,27)/t20-/m1/s1. The van der Waals surface area contributed by atoms with Crippen LogP contribution in [0.3, 0.4) is 0 Å². The van der Waals surface area contributed by atoms with Gasteiger partial charge in [0.1, 0.15) is 9.88 Å². The summed E-state index contributed by atoms with van der Waals surface area (Å²) in [6.45, 7) is 1.24. The predicted octanol–water partition coefficient (Wildman–Crippen LogP) is 4.86. The zero-order chi connectivity index (χ0) is 20.1. The molecular formula is C20H14Cl2N2O3S. The van der Waals surface area contributed by atoms with Gasteiger partial charge in [-0.25, -0.2) is 4.79 Å². The van der Waals surface area contributed by atoms with E-state index in [2.05, 4.69) is 5.32 Å². The lowest BCUT2D eigenvalue weighted by Crippen LogP contribution is -2.41. The van der Waals surface area contributed by atoms with Crippen LogP contribution in [-0.2, 0) is 10.3 Å². The molecule has 1 aliphatic heterocycles. The molecule has 0 aliphatic carbocycles. The molecule has 1 fully saturated rings. The van der Waals surface area contributed by atoms with Gasteiger partial charge in [-0.3, -0.25) is 14.5 Å². The molecule has 5 nitrogen and oxygen atoms in total. The van der Waals surface area contributed by atoms with Gasteiger partial charge in [-0.05, 0) is 29.3 Å².